The highest BCUT2D eigenvalue weighted by Gasteiger charge is 2.49. The average molecular weight is 559 g/mol. The molecular formula is C24H20F6N4O3S. The molecule has 3 aromatic rings. The first-order valence-electron chi connectivity index (χ1n) is 11.2. The number of alkyl halides is 4. The van der Waals surface area contributed by atoms with E-state index >= 15 is 0 Å². The van der Waals surface area contributed by atoms with Crippen LogP contribution in [0, 0.1) is 11.6 Å². The number of carbonyl (C=O) groups is 1. The average Bonchev–Trinajstić information content (AvgIpc) is 3.18. The summed E-state index contributed by atoms with van der Waals surface area (Å²) in [6, 6.07) is 4.94. The van der Waals surface area contributed by atoms with Gasteiger partial charge in [-0.25, -0.2) is 31.6 Å². The Bertz CT molecular complexity index is 1430. The molecule has 38 heavy (non-hydrogen) atoms. The van der Waals surface area contributed by atoms with Gasteiger partial charge in [-0.1, -0.05) is 6.07 Å². The van der Waals surface area contributed by atoms with Gasteiger partial charge in [0.2, 0.25) is 21.8 Å². The molecule has 1 fully saturated rings. The first kappa shape index (κ1) is 27.5. The molecule has 3 atom stereocenters. The van der Waals surface area contributed by atoms with Gasteiger partial charge in [0, 0.05) is 36.5 Å². The van der Waals surface area contributed by atoms with Crippen molar-refractivity contribution in [2.75, 3.05) is 0 Å². The molecule has 2 heterocycles. The van der Waals surface area contributed by atoms with E-state index in [1.165, 1.54) is 19.1 Å². The Morgan fingerprint density at radius 2 is 1.71 bits per heavy atom. The predicted molar refractivity (Wildman–Crippen MR) is 122 cm³/mol. The molecule has 1 aromatic heterocycles. The van der Waals surface area contributed by atoms with E-state index in [0.29, 0.717) is 5.56 Å². The molecular weight excluding hydrogens is 538 g/mol. The van der Waals surface area contributed by atoms with Gasteiger partial charge in [0.15, 0.2) is 0 Å². The number of rotatable bonds is 6. The first-order valence-corrected chi connectivity index (χ1v) is 12.6. The molecule has 7 nitrogen and oxygen atoms in total. The van der Waals surface area contributed by atoms with E-state index in [1.807, 2.05) is 0 Å². The molecule has 1 N–H and O–H groups in total. The predicted octanol–water partition coefficient (Wildman–Crippen LogP) is 4.25. The molecule has 1 amide bonds. The maximum atomic E-state index is 14.6. The van der Waals surface area contributed by atoms with Crippen LogP contribution in [-0.2, 0) is 27.5 Å². The molecule has 0 spiro atoms. The molecule has 4 rings (SSSR count). The van der Waals surface area contributed by atoms with Crippen molar-refractivity contribution >= 4 is 15.9 Å². The van der Waals surface area contributed by atoms with Crippen LogP contribution in [0.1, 0.15) is 24.7 Å². The van der Waals surface area contributed by atoms with Crippen LogP contribution in [0.5, 0.6) is 0 Å². The van der Waals surface area contributed by atoms with Crippen LogP contribution in [0.3, 0.4) is 0 Å². The van der Waals surface area contributed by atoms with Crippen molar-refractivity contribution in [1.82, 2.24) is 19.6 Å². The van der Waals surface area contributed by atoms with Crippen molar-refractivity contribution < 1.29 is 39.6 Å². The van der Waals surface area contributed by atoms with Crippen molar-refractivity contribution in [2.24, 2.45) is 0 Å². The fourth-order valence-corrected chi connectivity index (χ4v) is 5.93. The lowest BCUT2D eigenvalue weighted by Gasteiger charge is -2.27. The van der Waals surface area contributed by atoms with E-state index in [2.05, 4.69) is 15.3 Å². The Morgan fingerprint density at radius 1 is 1.08 bits per heavy atom. The monoisotopic (exact) mass is 558 g/mol. The topological polar surface area (TPSA) is 92.3 Å². The maximum absolute atomic E-state index is 14.6. The van der Waals surface area contributed by atoms with Crippen molar-refractivity contribution in [3.63, 3.8) is 0 Å². The summed E-state index contributed by atoms with van der Waals surface area (Å²) in [5.74, 6) is -3.64. The number of benzene rings is 2. The summed E-state index contributed by atoms with van der Waals surface area (Å²) in [6.45, 7) is 1.09. The molecule has 2 aromatic carbocycles. The molecule has 0 aliphatic carbocycles. The number of amides is 1. The van der Waals surface area contributed by atoms with Gasteiger partial charge in [0.1, 0.15) is 23.8 Å². The van der Waals surface area contributed by atoms with Crippen molar-refractivity contribution in [2.45, 2.75) is 49.2 Å². The summed E-state index contributed by atoms with van der Waals surface area (Å²) < 4.78 is 107. The summed E-state index contributed by atoms with van der Waals surface area (Å²) in [4.78, 5) is 19.1. The van der Waals surface area contributed by atoms with Gasteiger partial charge >= 0.3 is 6.18 Å². The smallest absolute Gasteiger partial charge is 0.351 e. The summed E-state index contributed by atoms with van der Waals surface area (Å²) in [5.41, 5.74) is 0.167. The standard InChI is InChI=1S/C24H20F6N4O3S/c1-13-20(27)9-21(34(13)38(36,37)17-5-3-16(25)4-6-17)22(35)31-10-14-2-7-19(26)18(8-14)15-11-32-23(33-12-15)24(28,29)30/h2-8,11-13,20-21H,9-10H2,1H3,(H,31,35). The molecule has 3 unspecified atom stereocenters. The number of carbonyl (C=O) groups excluding carboxylic acids is 1. The largest absolute Gasteiger partial charge is 0.451 e. The molecule has 1 saturated heterocycles. The fourth-order valence-electron chi connectivity index (χ4n) is 4.12. The minimum Gasteiger partial charge on any atom is -0.351 e. The van der Waals surface area contributed by atoms with Gasteiger partial charge in [0.25, 0.3) is 0 Å². The first-order chi connectivity index (χ1) is 17.8. The molecule has 14 heteroatoms. The maximum Gasteiger partial charge on any atom is 0.451 e. The number of hydrogen-bond acceptors (Lipinski definition) is 5. The lowest BCUT2D eigenvalue weighted by molar-refractivity contribution is -0.145. The van der Waals surface area contributed by atoms with Crippen molar-refractivity contribution in [3.05, 3.63) is 77.9 Å². The molecule has 1 aliphatic rings. The third-order valence-corrected chi connectivity index (χ3v) is 8.10. The van der Waals surface area contributed by atoms with Crippen LogP contribution in [-0.4, -0.2) is 46.9 Å². The summed E-state index contributed by atoms with van der Waals surface area (Å²) >= 11 is 0. The van der Waals surface area contributed by atoms with E-state index < -0.39 is 64.2 Å². The van der Waals surface area contributed by atoms with Gasteiger partial charge in [0.05, 0.1) is 10.9 Å². The highest BCUT2D eigenvalue weighted by atomic mass is 32.2. The molecule has 1 aliphatic heterocycles. The van der Waals surface area contributed by atoms with Crippen LogP contribution < -0.4 is 5.32 Å². The number of sulfonamides is 1. The number of nitrogens with one attached hydrogen (secondary N) is 1. The molecule has 202 valence electrons. The third-order valence-electron chi connectivity index (χ3n) is 6.09. The quantitative estimate of drug-likeness (QED) is 0.457. The van der Waals surface area contributed by atoms with Crippen LogP contribution in [0.15, 0.2) is 59.8 Å². The van der Waals surface area contributed by atoms with E-state index in [-0.39, 0.29) is 22.6 Å². The van der Waals surface area contributed by atoms with Crippen molar-refractivity contribution in [1.29, 1.82) is 0 Å². The van der Waals surface area contributed by atoms with Gasteiger partial charge in [-0.05, 0) is 48.9 Å². The van der Waals surface area contributed by atoms with Crippen LogP contribution in [0.4, 0.5) is 26.3 Å². The van der Waals surface area contributed by atoms with E-state index in [1.54, 1.807) is 0 Å². The second-order valence-electron chi connectivity index (χ2n) is 8.62. The van der Waals surface area contributed by atoms with E-state index in [4.69, 9.17) is 0 Å². The van der Waals surface area contributed by atoms with Crippen LogP contribution in [0.25, 0.3) is 11.1 Å². The number of halogens is 6. The van der Waals surface area contributed by atoms with Gasteiger partial charge in [-0.2, -0.15) is 17.5 Å². The number of aromatic nitrogens is 2. The van der Waals surface area contributed by atoms with Gasteiger partial charge in [-0.15, -0.1) is 0 Å². The number of hydrogen-bond donors (Lipinski definition) is 1. The Labute approximate surface area is 213 Å². The van der Waals surface area contributed by atoms with Gasteiger partial charge in [-0.3, -0.25) is 4.79 Å². The zero-order chi connectivity index (χ0) is 27.8. The minimum atomic E-state index is -4.77. The highest BCUT2D eigenvalue weighted by molar-refractivity contribution is 7.89. The summed E-state index contributed by atoms with van der Waals surface area (Å²) in [6.07, 6.45) is -5.19. The Balaban J connectivity index is 1.52. The highest BCUT2D eigenvalue weighted by Crippen LogP contribution is 2.33. The lowest BCUT2D eigenvalue weighted by atomic mass is 10.0. The van der Waals surface area contributed by atoms with E-state index in [9.17, 15) is 39.6 Å². The lowest BCUT2D eigenvalue weighted by Crippen LogP contribution is -2.48. The minimum absolute atomic E-state index is 0.0369. The summed E-state index contributed by atoms with van der Waals surface area (Å²) in [7, 11) is -4.35. The van der Waals surface area contributed by atoms with Crippen molar-refractivity contribution in [3.8, 4) is 11.1 Å². The Morgan fingerprint density at radius 3 is 2.32 bits per heavy atom. The third kappa shape index (κ3) is 5.50. The van der Waals surface area contributed by atoms with Crippen LogP contribution >= 0.6 is 0 Å². The second kappa shape index (κ2) is 10.3. The SMILES string of the molecule is CC1C(F)CC(C(=O)NCc2ccc(F)c(-c3cnc(C(F)(F)F)nc3)c2)N1S(=O)(=O)c1ccc(F)cc1. The van der Waals surface area contributed by atoms with E-state index in [0.717, 1.165) is 47.0 Å². The second-order valence-corrected chi connectivity index (χ2v) is 10.5. The molecule has 0 bridgehead atoms. The number of nitrogens with zero attached hydrogens (tertiary/aromatic N) is 3. The zero-order valence-corrected chi connectivity index (χ0v) is 20.4. The normalized spacial score (nSPS) is 20.4. The Kier molecular flexibility index (Phi) is 7.48. The molecule has 0 saturated carbocycles. The van der Waals surface area contributed by atoms with Crippen LogP contribution in [0.2, 0.25) is 0 Å². The summed E-state index contributed by atoms with van der Waals surface area (Å²) in [5, 5.41) is 2.50. The Hall–Kier alpha value is -3.52. The molecule has 0 radical (unpaired) electrons. The fraction of sp³-hybridized carbons (Fsp3) is 0.292. The van der Waals surface area contributed by atoms with Gasteiger partial charge < -0.3 is 5.32 Å². The zero-order valence-electron chi connectivity index (χ0n) is 19.6.